The fourth-order valence-electron chi connectivity index (χ4n) is 1.69. The van der Waals surface area contributed by atoms with Crippen LogP contribution < -0.4 is 4.43 Å². The first-order valence-electron chi connectivity index (χ1n) is 7.21. The Labute approximate surface area is 144 Å². The monoisotopic (exact) mass is 382 g/mol. The maximum absolute atomic E-state index is 14.5. The van der Waals surface area contributed by atoms with Crippen molar-refractivity contribution in [3.63, 3.8) is 0 Å². The van der Waals surface area contributed by atoms with E-state index in [2.05, 4.69) is 0 Å². The fraction of sp³-hybridized carbons (Fsp3) is 0.600. The molecule has 0 aliphatic rings. The molecule has 0 amide bonds. The zero-order chi connectivity index (χ0) is 18.2. The van der Waals surface area contributed by atoms with Crippen LogP contribution in [0.25, 0.3) is 0 Å². The normalized spacial score (nSPS) is 14.7. The van der Waals surface area contributed by atoms with Gasteiger partial charge in [-0.2, -0.15) is 8.42 Å². The van der Waals surface area contributed by atoms with Gasteiger partial charge in [-0.1, -0.05) is 38.4 Å². The molecule has 0 fully saturated rings. The molecule has 8 heteroatoms. The third kappa shape index (κ3) is 5.17. The van der Waals surface area contributed by atoms with Crippen molar-refractivity contribution < 1.29 is 21.4 Å². The van der Waals surface area contributed by atoms with Gasteiger partial charge in [0.05, 0.1) is 11.3 Å². The van der Waals surface area contributed by atoms with Gasteiger partial charge < -0.3 is 4.43 Å². The molecule has 0 bridgehead atoms. The molecule has 132 valence electrons. The largest absolute Gasteiger partial charge is 0.541 e. The molecule has 0 aliphatic heterocycles. The van der Waals surface area contributed by atoms with E-state index in [1.165, 1.54) is 19.1 Å². The van der Waals surface area contributed by atoms with E-state index in [4.69, 9.17) is 20.2 Å². The van der Waals surface area contributed by atoms with Crippen molar-refractivity contribution in [1.29, 1.82) is 0 Å². The Morgan fingerprint density at radius 2 is 1.78 bits per heavy atom. The molecule has 1 rings (SSSR count). The minimum atomic E-state index is -3.68. The molecular formula is C15H24ClFO4SSi. The third-order valence-electron chi connectivity index (χ3n) is 4.00. The van der Waals surface area contributed by atoms with E-state index in [0.717, 1.165) is 6.26 Å². The lowest BCUT2D eigenvalue weighted by Crippen LogP contribution is -2.44. The zero-order valence-corrected chi connectivity index (χ0v) is 17.1. The summed E-state index contributed by atoms with van der Waals surface area (Å²) in [4.78, 5) is 0. The second kappa shape index (κ2) is 6.70. The minimum Gasteiger partial charge on any atom is -0.541 e. The second-order valence-corrected chi connectivity index (χ2v) is 13.8. The predicted octanol–water partition coefficient (Wildman–Crippen LogP) is 4.90. The van der Waals surface area contributed by atoms with Crippen molar-refractivity contribution in [1.82, 2.24) is 0 Å². The van der Waals surface area contributed by atoms with E-state index in [0.29, 0.717) is 5.56 Å². The van der Waals surface area contributed by atoms with Crippen molar-refractivity contribution in [2.45, 2.75) is 51.9 Å². The summed E-state index contributed by atoms with van der Waals surface area (Å²) in [7, 11) is -6.02. The Morgan fingerprint density at radius 3 is 2.22 bits per heavy atom. The lowest BCUT2D eigenvalue weighted by molar-refractivity contribution is 0.232. The zero-order valence-electron chi connectivity index (χ0n) is 14.5. The Hall–Kier alpha value is -0.633. The highest BCUT2D eigenvalue weighted by Crippen LogP contribution is 2.42. The number of rotatable bonds is 5. The van der Waals surface area contributed by atoms with Gasteiger partial charge in [-0.25, -0.2) is 4.39 Å². The highest BCUT2D eigenvalue weighted by molar-refractivity contribution is 7.86. The van der Waals surface area contributed by atoms with Crippen molar-refractivity contribution in [3.05, 3.63) is 28.5 Å². The van der Waals surface area contributed by atoms with Crippen LogP contribution in [0.3, 0.4) is 0 Å². The second-order valence-electron chi connectivity index (χ2n) is 7.08. The molecular weight excluding hydrogens is 359 g/mol. The Morgan fingerprint density at radius 1 is 1.26 bits per heavy atom. The van der Waals surface area contributed by atoms with Crippen LogP contribution in [0.1, 0.15) is 39.4 Å². The fourth-order valence-corrected chi connectivity index (χ4v) is 3.49. The number of hydrogen-bond acceptors (Lipinski definition) is 4. The summed E-state index contributed by atoms with van der Waals surface area (Å²) in [6.07, 6.45) is 0.0704. The van der Waals surface area contributed by atoms with Gasteiger partial charge in [-0.3, -0.25) is 4.18 Å². The lowest BCUT2D eigenvalue weighted by atomic mass is 10.1. The van der Waals surface area contributed by atoms with Crippen LogP contribution in [-0.2, 0) is 14.3 Å². The molecule has 1 atom stereocenters. The van der Waals surface area contributed by atoms with Crippen molar-refractivity contribution in [2.75, 3.05) is 6.26 Å². The van der Waals surface area contributed by atoms with Crippen LogP contribution in [0.5, 0.6) is 5.75 Å². The summed E-state index contributed by atoms with van der Waals surface area (Å²) < 4.78 is 48.2. The summed E-state index contributed by atoms with van der Waals surface area (Å²) in [5.41, 5.74) is 0.321. The molecule has 0 radical (unpaired) electrons. The average Bonchev–Trinajstić information content (AvgIpc) is 2.31. The van der Waals surface area contributed by atoms with Crippen LogP contribution in [0.2, 0.25) is 23.2 Å². The first kappa shape index (κ1) is 20.4. The van der Waals surface area contributed by atoms with Gasteiger partial charge in [0.15, 0.2) is 5.82 Å². The van der Waals surface area contributed by atoms with Gasteiger partial charge >= 0.3 is 0 Å². The van der Waals surface area contributed by atoms with Crippen molar-refractivity contribution >= 4 is 30.0 Å². The van der Waals surface area contributed by atoms with Gasteiger partial charge in [0, 0.05) is 5.56 Å². The van der Waals surface area contributed by atoms with Gasteiger partial charge in [-0.05, 0) is 31.1 Å². The van der Waals surface area contributed by atoms with E-state index in [1.807, 2.05) is 33.9 Å². The van der Waals surface area contributed by atoms with Crippen LogP contribution in [0.4, 0.5) is 4.39 Å². The molecule has 0 aliphatic carbocycles. The van der Waals surface area contributed by atoms with Gasteiger partial charge in [-0.15, -0.1) is 0 Å². The molecule has 23 heavy (non-hydrogen) atoms. The molecule has 4 nitrogen and oxygen atoms in total. The smallest absolute Gasteiger partial charge is 0.264 e. The molecule has 0 aromatic heterocycles. The maximum atomic E-state index is 14.5. The minimum absolute atomic E-state index is 0.0276. The molecule has 1 aromatic rings. The number of halogens is 2. The quantitative estimate of drug-likeness (QED) is 0.536. The Balaban J connectivity index is 3.38. The summed E-state index contributed by atoms with van der Waals surface area (Å²) in [5, 5.41) is -0.228. The van der Waals surface area contributed by atoms with E-state index in [-0.39, 0.29) is 15.8 Å². The first-order valence-corrected chi connectivity index (χ1v) is 12.3. The first-order chi connectivity index (χ1) is 10.2. The van der Waals surface area contributed by atoms with Crippen LogP contribution >= 0.6 is 11.6 Å². The molecule has 0 N–H and O–H groups in total. The molecule has 0 saturated heterocycles. The topological polar surface area (TPSA) is 52.6 Å². The molecule has 1 aromatic carbocycles. The Bertz CT molecular complexity index is 683. The van der Waals surface area contributed by atoms with Crippen LogP contribution in [0.15, 0.2) is 12.1 Å². The van der Waals surface area contributed by atoms with E-state index < -0.39 is 30.4 Å². The molecule has 0 saturated carbocycles. The molecule has 1 unspecified atom stereocenters. The van der Waals surface area contributed by atoms with E-state index in [1.54, 1.807) is 0 Å². The van der Waals surface area contributed by atoms with Gasteiger partial charge in [0.1, 0.15) is 11.9 Å². The van der Waals surface area contributed by atoms with Gasteiger partial charge in [0.25, 0.3) is 18.4 Å². The van der Waals surface area contributed by atoms with Crippen molar-refractivity contribution in [3.8, 4) is 5.75 Å². The van der Waals surface area contributed by atoms with E-state index in [9.17, 15) is 12.8 Å². The van der Waals surface area contributed by atoms with Gasteiger partial charge in [0.2, 0.25) is 0 Å². The summed E-state index contributed by atoms with van der Waals surface area (Å²) in [6.45, 7) is 11.5. The third-order valence-corrected chi connectivity index (χ3v) is 9.26. The summed E-state index contributed by atoms with van der Waals surface area (Å²) >= 11 is 5.87. The standard InChI is InChI=1S/C15H24ClFO4SSi/c1-10(20-22(5,18)19)11-8-9-12(16)13(17)14(11)21-23(6,7)15(2,3)4/h8-10H,1-7H3. The SMILES string of the molecule is CC(OS(C)(=O)=O)c1ccc(Cl)c(F)c1O[Si](C)(C)C(C)(C)C. The predicted molar refractivity (Wildman–Crippen MR) is 93.6 cm³/mol. The van der Waals surface area contributed by atoms with Crippen molar-refractivity contribution in [2.24, 2.45) is 0 Å². The van der Waals surface area contributed by atoms with Crippen LogP contribution in [0, 0.1) is 5.82 Å². The highest BCUT2D eigenvalue weighted by Gasteiger charge is 2.40. The molecule has 0 heterocycles. The number of hydrogen-bond donors (Lipinski definition) is 0. The highest BCUT2D eigenvalue weighted by atomic mass is 35.5. The van der Waals surface area contributed by atoms with Crippen LogP contribution in [-0.4, -0.2) is 23.0 Å². The lowest BCUT2D eigenvalue weighted by Gasteiger charge is -2.37. The number of benzene rings is 1. The molecule has 0 spiro atoms. The summed E-state index contributed by atoms with van der Waals surface area (Å²) in [6, 6.07) is 2.90. The summed E-state index contributed by atoms with van der Waals surface area (Å²) in [5.74, 6) is -0.724. The average molecular weight is 383 g/mol. The van der Waals surface area contributed by atoms with E-state index >= 15 is 0 Å². The maximum Gasteiger partial charge on any atom is 0.264 e. The Kier molecular flexibility index (Phi) is 5.95.